The number of hydrogen-bond donors (Lipinski definition) is 0. The van der Waals surface area contributed by atoms with Gasteiger partial charge in [0.1, 0.15) is 17.3 Å². The van der Waals surface area contributed by atoms with E-state index in [4.69, 9.17) is 25.5 Å². The maximum absolute atomic E-state index is 12.5. The van der Waals surface area contributed by atoms with Crippen molar-refractivity contribution in [2.75, 3.05) is 0 Å². The van der Waals surface area contributed by atoms with Gasteiger partial charge in [0.05, 0.1) is 22.4 Å². The minimum absolute atomic E-state index is 0.151. The van der Waals surface area contributed by atoms with Crippen LogP contribution in [0.2, 0.25) is 5.02 Å². The first-order valence-corrected chi connectivity index (χ1v) is 8.50. The lowest BCUT2D eigenvalue weighted by atomic mass is 10.1. The van der Waals surface area contributed by atoms with Gasteiger partial charge in [-0.05, 0) is 43.3 Å². The number of allylic oxidation sites excluding steroid dienone is 1. The number of hydrogen-bond acceptors (Lipinski definition) is 5. The molecule has 0 radical (unpaired) electrons. The molecule has 0 bridgehead atoms. The third kappa shape index (κ3) is 3.13. The standard InChI is InChI=1S/C21H13ClO5/c1-12-17(27-21(24)14-6-2-3-7-16(14)22)9-8-15-19(23)18(26-20(12)15)11-13-5-4-10-25-13/h2-11H,1H3/b18-11-. The second kappa shape index (κ2) is 6.78. The number of ketones is 1. The Morgan fingerprint density at radius 1 is 1.11 bits per heavy atom. The Morgan fingerprint density at radius 2 is 1.93 bits per heavy atom. The summed E-state index contributed by atoms with van der Waals surface area (Å²) in [6.07, 6.45) is 3.04. The highest BCUT2D eigenvalue weighted by atomic mass is 35.5. The van der Waals surface area contributed by atoms with Crippen molar-refractivity contribution in [1.82, 2.24) is 0 Å². The van der Waals surface area contributed by atoms with Crippen molar-refractivity contribution in [3.05, 3.63) is 88.0 Å². The maximum atomic E-state index is 12.5. The van der Waals surface area contributed by atoms with E-state index in [9.17, 15) is 9.59 Å². The van der Waals surface area contributed by atoms with Crippen LogP contribution in [0.3, 0.4) is 0 Å². The highest BCUT2D eigenvalue weighted by Gasteiger charge is 2.31. The zero-order valence-corrected chi connectivity index (χ0v) is 14.9. The van der Waals surface area contributed by atoms with Crippen LogP contribution in [-0.2, 0) is 0 Å². The number of carbonyl (C=O) groups excluding carboxylic acids is 2. The van der Waals surface area contributed by atoms with Crippen molar-refractivity contribution in [2.24, 2.45) is 0 Å². The van der Waals surface area contributed by atoms with Crippen LogP contribution >= 0.6 is 11.6 Å². The number of carbonyl (C=O) groups is 2. The normalized spacial score (nSPS) is 14.1. The number of Topliss-reactive ketones (excluding diaryl/α,β-unsaturated/α-hetero) is 1. The first-order valence-electron chi connectivity index (χ1n) is 8.12. The molecule has 134 valence electrons. The van der Waals surface area contributed by atoms with Crippen LogP contribution in [0.15, 0.2) is 65.0 Å². The van der Waals surface area contributed by atoms with E-state index in [2.05, 4.69) is 0 Å². The predicted octanol–water partition coefficient (Wildman–Crippen LogP) is 5.08. The molecule has 0 saturated carbocycles. The molecule has 0 saturated heterocycles. The third-order valence-corrected chi connectivity index (χ3v) is 4.48. The molecule has 0 N–H and O–H groups in total. The van der Waals surface area contributed by atoms with Gasteiger partial charge in [0.2, 0.25) is 5.78 Å². The fourth-order valence-electron chi connectivity index (χ4n) is 2.76. The van der Waals surface area contributed by atoms with Gasteiger partial charge in [-0.2, -0.15) is 0 Å². The summed E-state index contributed by atoms with van der Waals surface area (Å²) in [5.41, 5.74) is 1.21. The first kappa shape index (κ1) is 17.1. The number of esters is 1. The van der Waals surface area contributed by atoms with Crippen LogP contribution in [0.4, 0.5) is 0 Å². The molecule has 1 aliphatic heterocycles. The van der Waals surface area contributed by atoms with Crippen molar-refractivity contribution in [3.8, 4) is 11.5 Å². The molecule has 3 aromatic rings. The van der Waals surface area contributed by atoms with Crippen LogP contribution < -0.4 is 9.47 Å². The van der Waals surface area contributed by atoms with Gasteiger partial charge in [-0.1, -0.05) is 23.7 Å². The van der Waals surface area contributed by atoms with E-state index in [1.165, 1.54) is 12.3 Å². The Bertz CT molecular complexity index is 1080. The summed E-state index contributed by atoms with van der Waals surface area (Å²) < 4.78 is 16.4. The van der Waals surface area contributed by atoms with Gasteiger partial charge in [0.25, 0.3) is 0 Å². The van der Waals surface area contributed by atoms with E-state index in [-0.39, 0.29) is 17.1 Å². The quantitative estimate of drug-likeness (QED) is 0.360. The Morgan fingerprint density at radius 3 is 2.67 bits per heavy atom. The fourth-order valence-corrected chi connectivity index (χ4v) is 2.98. The summed E-state index contributed by atoms with van der Waals surface area (Å²) in [6.45, 7) is 1.72. The zero-order valence-electron chi connectivity index (χ0n) is 14.2. The van der Waals surface area contributed by atoms with E-state index < -0.39 is 5.97 Å². The van der Waals surface area contributed by atoms with E-state index in [0.29, 0.717) is 33.4 Å². The van der Waals surface area contributed by atoms with Gasteiger partial charge in [0.15, 0.2) is 5.76 Å². The molecule has 0 spiro atoms. The number of ether oxygens (including phenoxy) is 2. The van der Waals surface area contributed by atoms with Gasteiger partial charge in [0, 0.05) is 11.6 Å². The predicted molar refractivity (Wildman–Crippen MR) is 99.2 cm³/mol. The summed E-state index contributed by atoms with van der Waals surface area (Å²) >= 11 is 6.04. The van der Waals surface area contributed by atoms with Crippen molar-refractivity contribution in [1.29, 1.82) is 0 Å². The van der Waals surface area contributed by atoms with Crippen molar-refractivity contribution < 1.29 is 23.5 Å². The molecule has 6 heteroatoms. The first-order chi connectivity index (χ1) is 13.0. The summed E-state index contributed by atoms with van der Waals surface area (Å²) in [6, 6.07) is 13.2. The lowest BCUT2D eigenvalue weighted by Crippen LogP contribution is -2.10. The molecule has 5 nitrogen and oxygen atoms in total. The maximum Gasteiger partial charge on any atom is 0.345 e. The van der Waals surface area contributed by atoms with Crippen molar-refractivity contribution in [2.45, 2.75) is 6.92 Å². The molecule has 0 aliphatic carbocycles. The van der Waals surface area contributed by atoms with Gasteiger partial charge in [-0.3, -0.25) is 4.79 Å². The Kier molecular flexibility index (Phi) is 4.30. The zero-order chi connectivity index (χ0) is 19.0. The highest BCUT2D eigenvalue weighted by molar-refractivity contribution is 6.33. The van der Waals surface area contributed by atoms with Gasteiger partial charge >= 0.3 is 5.97 Å². The van der Waals surface area contributed by atoms with Gasteiger partial charge in [-0.15, -0.1) is 0 Å². The minimum Gasteiger partial charge on any atom is -0.465 e. The van der Waals surface area contributed by atoms with Crippen LogP contribution in [0, 0.1) is 6.92 Å². The van der Waals surface area contributed by atoms with Crippen molar-refractivity contribution in [3.63, 3.8) is 0 Å². The number of furan rings is 1. The molecule has 2 aromatic carbocycles. The number of halogens is 1. The number of fused-ring (bicyclic) bond motifs is 1. The molecule has 0 fully saturated rings. The number of rotatable bonds is 3. The average molecular weight is 381 g/mol. The van der Waals surface area contributed by atoms with Gasteiger partial charge in [-0.25, -0.2) is 4.79 Å². The average Bonchev–Trinajstić information content (AvgIpc) is 3.27. The van der Waals surface area contributed by atoms with Gasteiger partial charge < -0.3 is 13.9 Å². The molecule has 1 aromatic heterocycles. The molecular weight excluding hydrogens is 368 g/mol. The molecule has 0 unspecified atom stereocenters. The topological polar surface area (TPSA) is 65.7 Å². The fraction of sp³-hybridized carbons (Fsp3) is 0.0476. The second-order valence-electron chi connectivity index (χ2n) is 5.89. The summed E-state index contributed by atoms with van der Waals surface area (Å²) in [5.74, 6) is 0.479. The molecule has 0 atom stereocenters. The largest absolute Gasteiger partial charge is 0.465 e. The minimum atomic E-state index is -0.584. The SMILES string of the molecule is Cc1c(OC(=O)c2ccccc2Cl)ccc2c1O/C(=C\c1ccco1)C2=O. The van der Waals surface area contributed by atoms with Crippen LogP contribution in [0.5, 0.6) is 11.5 Å². The molecule has 4 rings (SSSR count). The van der Waals surface area contributed by atoms with Crippen LogP contribution in [0.25, 0.3) is 6.08 Å². The molecule has 2 heterocycles. The molecule has 27 heavy (non-hydrogen) atoms. The second-order valence-corrected chi connectivity index (χ2v) is 6.30. The number of benzene rings is 2. The highest BCUT2D eigenvalue weighted by Crippen LogP contribution is 2.39. The van der Waals surface area contributed by atoms with E-state index in [1.807, 2.05) is 0 Å². The Labute approximate surface area is 159 Å². The molecular formula is C21H13ClO5. The van der Waals surface area contributed by atoms with E-state index in [0.717, 1.165) is 0 Å². The lowest BCUT2D eigenvalue weighted by molar-refractivity contribution is 0.0733. The summed E-state index contributed by atoms with van der Waals surface area (Å²) in [5, 5.41) is 0.302. The lowest BCUT2D eigenvalue weighted by Gasteiger charge is -2.10. The van der Waals surface area contributed by atoms with E-state index in [1.54, 1.807) is 55.5 Å². The Hall–Kier alpha value is -3.31. The van der Waals surface area contributed by atoms with Crippen LogP contribution in [0.1, 0.15) is 32.0 Å². The summed E-state index contributed by atoms with van der Waals surface area (Å²) in [4.78, 5) is 24.9. The van der Waals surface area contributed by atoms with Crippen LogP contribution in [-0.4, -0.2) is 11.8 Å². The monoisotopic (exact) mass is 380 g/mol. The van der Waals surface area contributed by atoms with Crippen molar-refractivity contribution >= 4 is 29.4 Å². The third-order valence-electron chi connectivity index (χ3n) is 4.15. The Balaban J connectivity index is 1.64. The summed E-state index contributed by atoms with van der Waals surface area (Å²) in [7, 11) is 0. The molecule has 0 amide bonds. The van der Waals surface area contributed by atoms with E-state index >= 15 is 0 Å². The smallest absolute Gasteiger partial charge is 0.345 e. The molecule has 1 aliphatic rings.